The van der Waals surface area contributed by atoms with E-state index in [0.29, 0.717) is 5.56 Å². The number of rotatable bonds is 4. The Labute approximate surface area is 159 Å². The van der Waals surface area contributed by atoms with E-state index in [1.165, 1.54) is 29.4 Å². The first-order valence-corrected chi connectivity index (χ1v) is 9.07. The van der Waals surface area contributed by atoms with Crippen molar-refractivity contribution in [3.8, 4) is 0 Å². The molecule has 1 aliphatic carbocycles. The summed E-state index contributed by atoms with van der Waals surface area (Å²) < 4.78 is 4.73. The second-order valence-corrected chi connectivity index (χ2v) is 6.65. The van der Waals surface area contributed by atoms with Gasteiger partial charge in [0.15, 0.2) is 0 Å². The fourth-order valence-corrected chi connectivity index (χ4v) is 3.47. The Morgan fingerprint density at radius 2 is 1.67 bits per heavy atom. The zero-order chi connectivity index (χ0) is 18.6. The third-order valence-corrected chi connectivity index (χ3v) is 4.85. The number of anilines is 2. The molecule has 0 fully saturated rings. The highest BCUT2D eigenvalue weighted by molar-refractivity contribution is 5.90. The quantitative estimate of drug-likeness (QED) is 0.610. The lowest BCUT2D eigenvalue weighted by molar-refractivity contribution is 0.0601. The van der Waals surface area contributed by atoms with E-state index >= 15 is 0 Å². The van der Waals surface area contributed by atoms with Crippen LogP contribution in [-0.2, 0) is 11.2 Å². The number of ether oxygens (including phenoxy) is 1. The van der Waals surface area contributed by atoms with Crippen LogP contribution in [0.4, 0.5) is 11.4 Å². The highest BCUT2D eigenvalue weighted by Gasteiger charge is 2.16. The minimum atomic E-state index is -0.322. The van der Waals surface area contributed by atoms with Crippen LogP contribution in [0.5, 0.6) is 0 Å². The van der Waals surface area contributed by atoms with Crippen molar-refractivity contribution < 1.29 is 9.53 Å². The number of hydrogen-bond donors (Lipinski definition) is 1. The van der Waals surface area contributed by atoms with Gasteiger partial charge in [-0.1, -0.05) is 42.5 Å². The van der Waals surface area contributed by atoms with E-state index < -0.39 is 0 Å². The first kappa shape index (κ1) is 17.1. The summed E-state index contributed by atoms with van der Waals surface area (Å²) in [5.41, 5.74) is 7.89. The second-order valence-electron chi connectivity index (χ2n) is 6.65. The van der Waals surface area contributed by atoms with Gasteiger partial charge in [-0.3, -0.25) is 0 Å². The summed E-state index contributed by atoms with van der Waals surface area (Å²) in [5.74, 6) is -0.322. The van der Waals surface area contributed by atoms with E-state index in [2.05, 4.69) is 53.9 Å². The Hall–Kier alpha value is -3.33. The van der Waals surface area contributed by atoms with Gasteiger partial charge in [0.2, 0.25) is 0 Å². The van der Waals surface area contributed by atoms with Gasteiger partial charge in [-0.2, -0.15) is 0 Å². The topological polar surface area (TPSA) is 38.3 Å². The van der Waals surface area contributed by atoms with E-state index in [4.69, 9.17) is 4.74 Å². The average molecular weight is 355 g/mol. The van der Waals surface area contributed by atoms with Crippen molar-refractivity contribution in [1.82, 2.24) is 0 Å². The smallest absolute Gasteiger partial charge is 0.337 e. The third-order valence-electron chi connectivity index (χ3n) is 4.85. The summed E-state index contributed by atoms with van der Waals surface area (Å²) in [6.45, 7) is 0. The number of carbonyl (C=O) groups excluding carboxylic acids is 1. The molecule has 1 aliphatic rings. The number of carbonyl (C=O) groups is 1. The normalized spacial score (nSPS) is 14.0. The zero-order valence-corrected chi connectivity index (χ0v) is 15.2. The van der Waals surface area contributed by atoms with Crippen molar-refractivity contribution in [2.45, 2.75) is 12.8 Å². The molecule has 0 saturated carbocycles. The number of aryl methyl sites for hydroxylation is 1. The molecule has 0 amide bonds. The number of fused-ring (bicyclic) bond motifs is 1. The average Bonchev–Trinajstić information content (AvgIpc) is 3.11. The lowest BCUT2D eigenvalue weighted by Gasteiger charge is -2.09. The summed E-state index contributed by atoms with van der Waals surface area (Å²) in [6.07, 6.45) is 4.41. The Balaban J connectivity index is 1.52. The van der Waals surface area contributed by atoms with Gasteiger partial charge in [0, 0.05) is 11.4 Å². The Bertz CT molecular complexity index is 989. The fraction of sp³-hybridized carbons (Fsp3) is 0.125. The van der Waals surface area contributed by atoms with Gasteiger partial charge in [0.25, 0.3) is 0 Å². The largest absolute Gasteiger partial charge is 0.465 e. The van der Waals surface area contributed by atoms with Crippen molar-refractivity contribution in [1.29, 1.82) is 0 Å². The van der Waals surface area contributed by atoms with Crippen LogP contribution in [0, 0.1) is 0 Å². The molecule has 27 heavy (non-hydrogen) atoms. The van der Waals surface area contributed by atoms with Crippen molar-refractivity contribution in [3.63, 3.8) is 0 Å². The maximum Gasteiger partial charge on any atom is 0.337 e. The van der Waals surface area contributed by atoms with Crippen LogP contribution in [0.3, 0.4) is 0 Å². The molecule has 0 atom stereocenters. The lowest BCUT2D eigenvalue weighted by atomic mass is 10.0. The molecule has 1 N–H and O–H groups in total. The van der Waals surface area contributed by atoms with Gasteiger partial charge < -0.3 is 10.1 Å². The molecule has 3 nitrogen and oxygen atoms in total. The molecule has 0 radical (unpaired) electrons. The summed E-state index contributed by atoms with van der Waals surface area (Å²) in [6, 6.07) is 24.3. The number of benzene rings is 3. The molecule has 4 rings (SSSR count). The number of hydrogen-bond acceptors (Lipinski definition) is 3. The second kappa shape index (κ2) is 7.50. The summed E-state index contributed by atoms with van der Waals surface area (Å²) in [4.78, 5) is 11.5. The SMILES string of the molecule is COC(=O)c1ccc(Nc2ccc3c(c2)CC/C3=C\c2ccccc2)cc1. The zero-order valence-electron chi connectivity index (χ0n) is 15.2. The van der Waals surface area contributed by atoms with Gasteiger partial charge in [-0.15, -0.1) is 0 Å². The molecule has 3 aromatic carbocycles. The minimum Gasteiger partial charge on any atom is -0.465 e. The molecule has 3 heteroatoms. The number of allylic oxidation sites excluding steroid dienone is 1. The molecular weight excluding hydrogens is 334 g/mol. The maximum atomic E-state index is 11.5. The van der Waals surface area contributed by atoms with Crippen molar-refractivity contribution in [2.75, 3.05) is 12.4 Å². The van der Waals surface area contributed by atoms with E-state index in [-0.39, 0.29) is 5.97 Å². The van der Waals surface area contributed by atoms with Crippen LogP contribution in [0.1, 0.15) is 33.5 Å². The molecule has 0 saturated heterocycles. The van der Waals surface area contributed by atoms with Crippen LogP contribution >= 0.6 is 0 Å². The highest BCUT2D eigenvalue weighted by atomic mass is 16.5. The van der Waals surface area contributed by atoms with E-state index in [0.717, 1.165) is 24.2 Å². The number of nitrogens with one attached hydrogen (secondary N) is 1. The Morgan fingerprint density at radius 3 is 2.41 bits per heavy atom. The van der Waals surface area contributed by atoms with Gasteiger partial charge in [-0.25, -0.2) is 4.79 Å². The van der Waals surface area contributed by atoms with E-state index in [1.54, 1.807) is 12.1 Å². The van der Waals surface area contributed by atoms with Crippen molar-refractivity contribution in [3.05, 3.63) is 95.1 Å². The summed E-state index contributed by atoms with van der Waals surface area (Å²) >= 11 is 0. The first-order valence-electron chi connectivity index (χ1n) is 9.07. The van der Waals surface area contributed by atoms with Crippen LogP contribution < -0.4 is 5.32 Å². The van der Waals surface area contributed by atoms with Gasteiger partial charge in [-0.05, 0) is 71.5 Å². The maximum absolute atomic E-state index is 11.5. The summed E-state index contributed by atoms with van der Waals surface area (Å²) in [7, 11) is 1.39. The molecule has 0 heterocycles. The van der Waals surface area contributed by atoms with E-state index in [1.807, 2.05) is 18.2 Å². The standard InChI is InChI=1S/C24H21NO2/c1-27-24(26)18-9-11-21(12-10-18)25-22-13-14-23-19(7-8-20(23)16-22)15-17-5-3-2-4-6-17/h2-6,9-16,25H,7-8H2,1H3/b19-15+. The predicted octanol–water partition coefficient (Wildman–Crippen LogP) is 5.70. The summed E-state index contributed by atoms with van der Waals surface area (Å²) in [5, 5.41) is 3.41. The number of methoxy groups -OCH3 is 1. The fourth-order valence-electron chi connectivity index (χ4n) is 3.47. The number of esters is 1. The van der Waals surface area contributed by atoms with E-state index in [9.17, 15) is 4.79 Å². The molecule has 0 bridgehead atoms. The molecule has 0 aromatic heterocycles. The van der Waals surface area contributed by atoms with Crippen molar-refractivity contribution >= 4 is 29.0 Å². The lowest BCUT2D eigenvalue weighted by Crippen LogP contribution is -2.01. The van der Waals surface area contributed by atoms with Crippen molar-refractivity contribution in [2.24, 2.45) is 0 Å². The highest BCUT2D eigenvalue weighted by Crippen LogP contribution is 2.35. The van der Waals surface area contributed by atoms with Crippen LogP contribution in [0.15, 0.2) is 72.8 Å². The minimum absolute atomic E-state index is 0.322. The molecule has 0 spiro atoms. The molecule has 134 valence electrons. The molecular formula is C24H21NO2. The van der Waals surface area contributed by atoms with Gasteiger partial charge in [0.1, 0.15) is 0 Å². The first-order chi connectivity index (χ1) is 13.2. The van der Waals surface area contributed by atoms with Crippen LogP contribution in [-0.4, -0.2) is 13.1 Å². The third kappa shape index (κ3) is 3.77. The predicted molar refractivity (Wildman–Crippen MR) is 110 cm³/mol. The van der Waals surface area contributed by atoms with Crippen LogP contribution in [0.2, 0.25) is 0 Å². The van der Waals surface area contributed by atoms with Gasteiger partial charge in [0.05, 0.1) is 12.7 Å². The Morgan fingerprint density at radius 1 is 0.926 bits per heavy atom. The monoisotopic (exact) mass is 355 g/mol. The molecule has 3 aromatic rings. The van der Waals surface area contributed by atoms with Crippen LogP contribution in [0.25, 0.3) is 11.6 Å². The molecule has 0 unspecified atom stereocenters. The van der Waals surface area contributed by atoms with Gasteiger partial charge >= 0.3 is 5.97 Å². The Kier molecular flexibility index (Phi) is 4.75. The molecule has 0 aliphatic heterocycles.